The molecule has 5 heteroatoms. The van der Waals surface area contributed by atoms with Gasteiger partial charge < -0.3 is 10.6 Å². The van der Waals surface area contributed by atoms with E-state index in [4.69, 9.17) is 0 Å². The maximum Gasteiger partial charge on any atom is 0.253 e. The van der Waals surface area contributed by atoms with Gasteiger partial charge in [-0.3, -0.25) is 9.78 Å². The van der Waals surface area contributed by atoms with Crippen molar-refractivity contribution >= 4 is 33.2 Å². The molecule has 0 atom stereocenters. The third-order valence-electron chi connectivity index (χ3n) is 3.76. The Morgan fingerprint density at radius 3 is 2.64 bits per heavy atom. The van der Waals surface area contributed by atoms with Crippen LogP contribution in [0.3, 0.4) is 0 Å². The molecule has 1 heterocycles. The zero-order chi connectivity index (χ0) is 17.6. The first kappa shape index (κ1) is 17.2. The summed E-state index contributed by atoms with van der Waals surface area (Å²) in [6.45, 7) is 2.51. The topological polar surface area (TPSA) is 54.0 Å². The number of carbonyl (C=O) groups is 1. The van der Waals surface area contributed by atoms with Crippen LogP contribution in [0.5, 0.6) is 0 Å². The van der Waals surface area contributed by atoms with Gasteiger partial charge in [0.2, 0.25) is 0 Å². The fourth-order valence-corrected chi connectivity index (χ4v) is 2.91. The molecule has 0 aliphatic heterocycles. The SMILES string of the molecule is Cc1cc(Br)ccc1Nc1cncc(C(=O)NCc2ccccc2)c1. The van der Waals surface area contributed by atoms with Crippen LogP contribution in [0.25, 0.3) is 0 Å². The standard InChI is InChI=1S/C20H18BrN3O/c1-14-9-17(21)7-8-19(14)24-18-10-16(12-22-13-18)20(25)23-11-15-5-3-2-4-6-15/h2-10,12-13,24H,11H2,1H3,(H,23,25). The van der Waals surface area contributed by atoms with Crippen LogP contribution < -0.4 is 10.6 Å². The maximum absolute atomic E-state index is 12.3. The molecule has 2 N–H and O–H groups in total. The molecule has 0 bridgehead atoms. The number of hydrogen-bond donors (Lipinski definition) is 2. The lowest BCUT2D eigenvalue weighted by Gasteiger charge is -2.11. The Hall–Kier alpha value is -2.66. The summed E-state index contributed by atoms with van der Waals surface area (Å²) >= 11 is 3.46. The molecule has 0 aliphatic carbocycles. The first-order chi connectivity index (χ1) is 12.1. The summed E-state index contributed by atoms with van der Waals surface area (Å²) < 4.78 is 1.03. The van der Waals surface area contributed by atoms with Crippen molar-refractivity contribution in [2.24, 2.45) is 0 Å². The second kappa shape index (κ2) is 7.94. The highest BCUT2D eigenvalue weighted by Gasteiger charge is 2.08. The number of nitrogens with zero attached hydrogens (tertiary/aromatic N) is 1. The van der Waals surface area contributed by atoms with Gasteiger partial charge in [0, 0.05) is 22.9 Å². The Morgan fingerprint density at radius 1 is 1.08 bits per heavy atom. The number of aromatic nitrogens is 1. The van der Waals surface area contributed by atoms with Crippen molar-refractivity contribution in [3.05, 3.63) is 88.2 Å². The van der Waals surface area contributed by atoms with E-state index >= 15 is 0 Å². The molecule has 0 unspecified atom stereocenters. The van der Waals surface area contributed by atoms with Gasteiger partial charge in [0.15, 0.2) is 0 Å². The van der Waals surface area contributed by atoms with E-state index in [2.05, 4.69) is 31.5 Å². The second-order valence-electron chi connectivity index (χ2n) is 5.71. The van der Waals surface area contributed by atoms with E-state index < -0.39 is 0 Å². The van der Waals surface area contributed by atoms with Crippen LogP contribution in [0.15, 0.2) is 71.5 Å². The van der Waals surface area contributed by atoms with E-state index in [1.54, 1.807) is 18.5 Å². The molecule has 0 fully saturated rings. The predicted molar refractivity (Wildman–Crippen MR) is 104 cm³/mol. The third-order valence-corrected chi connectivity index (χ3v) is 4.26. The van der Waals surface area contributed by atoms with Crippen molar-refractivity contribution in [2.45, 2.75) is 13.5 Å². The Morgan fingerprint density at radius 2 is 1.88 bits per heavy atom. The molecule has 126 valence electrons. The van der Waals surface area contributed by atoms with Crippen LogP contribution in [0.2, 0.25) is 0 Å². The average molecular weight is 396 g/mol. The molecule has 4 nitrogen and oxygen atoms in total. The van der Waals surface area contributed by atoms with Gasteiger partial charge in [0.05, 0.1) is 17.4 Å². The summed E-state index contributed by atoms with van der Waals surface area (Å²) in [4.78, 5) is 16.5. The van der Waals surface area contributed by atoms with Gasteiger partial charge in [-0.25, -0.2) is 0 Å². The zero-order valence-electron chi connectivity index (χ0n) is 13.8. The molecule has 0 radical (unpaired) electrons. The van der Waals surface area contributed by atoms with Crippen molar-refractivity contribution in [1.29, 1.82) is 0 Å². The quantitative estimate of drug-likeness (QED) is 0.650. The monoisotopic (exact) mass is 395 g/mol. The lowest BCUT2D eigenvalue weighted by atomic mass is 10.2. The molecule has 25 heavy (non-hydrogen) atoms. The van der Waals surface area contributed by atoms with E-state index in [0.717, 1.165) is 27.0 Å². The molecule has 0 aliphatic rings. The molecule has 3 rings (SSSR count). The number of rotatable bonds is 5. The molecule has 1 aromatic heterocycles. The summed E-state index contributed by atoms with van der Waals surface area (Å²) in [6.07, 6.45) is 3.27. The average Bonchev–Trinajstić information content (AvgIpc) is 2.63. The molecular formula is C20H18BrN3O. The van der Waals surface area contributed by atoms with Crippen LogP contribution in [0.1, 0.15) is 21.5 Å². The predicted octanol–water partition coefficient (Wildman–Crippen LogP) is 4.83. The maximum atomic E-state index is 12.3. The molecule has 2 aromatic carbocycles. The van der Waals surface area contributed by atoms with Gasteiger partial charge in [0.25, 0.3) is 5.91 Å². The number of nitrogens with one attached hydrogen (secondary N) is 2. The van der Waals surface area contributed by atoms with Gasteiger partial charge in [0.1, 0.15) is 0 Å². The Bertz CT molecular complexity index is 881. The minimum absolute atomic E-state index is 0.146. The molecule has 1 amide bonds. The van der Waals surface area contributed by atoms with Gasteiger partial charge in [-0.1, -0.05) is 46.3 Å². The summed E-state index contributed by atoms with van der Waals surface area (Å²) in [5, 5.41) is 6.22. The first-order valence-electron chi connectivity index (χ1n) is 7.92. The Balaban J connectivity index is 1.69. The number of carbonyl (C=O) groups excluding carboxylic acids is 1. The highest BCUT2D eigenvalue weighted by Crippen LogP contribution is 2.23. The van der Waals surface area contributed by atoms with Crippen molar-refractivity contribution in [2.75, 3.05) is 5.32 Å². The number of anilines is 2. The fraction of sp³-hybridized carbons (Fsp3) is 0.100. The zero-order valence-corrected chi connectivity index (χ0v) is 15.4. The Kier molecular flexibility index (Phi) is 5.46. The summed E-state index contributed by atoms with van der Waals surface area (Å²) in [5.74, 6) is -0.146. The smallest absolute Gasteiger partial charge is 0.253 e. The van der Waals surface area contributed by atoms with Gasteiger partial charge in [-0.15, -0.1) is 0 Å². The largest absolute Gasteiger partial charge is 0.354 e. The number of benzene rings is 2. The van der Waals surface area contributed by atoms with Crippen molar-refractivity contribution in [3.63, 3.8) is 0 Å². The molecule has 0 saturated heterocycles. The first-order valence-corrected chi connectivity index (χ1v) is 8.71. The number of halogens is 1. The van der Waals surface area contributed by atoms with Crippen LogP contribution >= 0.6 is 15.9 Å². The summed E-state index contributed by atoms with van der Waals surface area (Å²) in [6, 6.07) is 17.6. The molecule has 3 aromatic rings. The minimum atomic E-state index is -0.146. The van der Waals surface area contributed by atoms with Crippen LogP contribution in [-0.2, 0) is 6.54 Å². The van der Waals surface area contributed by atoms with E-state index in [9.17, 15) is 4.79 Å². The number of aryl methyl sites for hydroxylation is 1. The summed E-state index contributed by atoms with van der Waals surface area (Å²) in [5.41, 5.74) is 4.44. The van der Waals surface area contributed by atoms with E-state index in [1.807, 2.05) is 55.5 Å². The van der Waals surface area contributed by atoms with Crippen molar-refractivity contribution in [3.8, 4) is 0 Å². The van der Waals surface area contributed by atoms with Gasteiger partial charge in [-0.2, -0.15) is 0 Å². The van der Waals surface area contributed by atoms with Crippen LogP contribution in [0.4, 0.5) is 11.4 Å². The molecule has 0 saturated carbocycles. The van der Waals surface area contributed by atoms with Crippen molar-refractivity contribution < 1.29 is 4.79 Å². The summed E-state index contributed by atoms with van der Waals surface area (Å²) in [7, 11) is 0. The van der Waals surface area contributed by atoms with Crippen LogP contribution in [0, 0.1) is 6.92 Å². The fourth-order valence-electron chi connectivity index (χ4n) is 2.44. The minimum Gasteiger partial charge on any atom is -0.354 e. The van der Waals surface area contributed by atoms with Crippen molar-refractivity contribution in [1.82, 2.24) is 10.3 Å². The lowest BCUT2D eigenvalue weighted by Crippen LogP contribution is -2.22. The highest BCUT2D eigenvalue weighted by atomic mass is 79.9. The highest BCUT2D eigenvalue weighted by molar-refractivity contribution is 9.10. The molecular weight excluding hydrogens is 378 g/mol. The van der Waals surface area contributed by atoms with E-state index in [0.29, 0.717) is 12.1 Å². The van der Waals surface area contributed by atoms with Gasteiger partial charge in [-0.05, 0) is 42.3 Å². The van der Waals surface area contributed by atoms with E-state index in [1.165, 1.54) is 0 Å². The normalized spacial score (nSPS) is 10.3. The van der Waals surface area contributed by atoms with E-state index in [-0.39, 0.29) is 5.91 Å². The van der Waals surface area contributed by atoms with Gasteiger partial charge >= 0.3 is 0 Å². The second-order valence-corrected chi connectivity index (χ2v) is 6.63. The number of amides is 1. The lowest BCUT2D eigenvalue weighted by molar-refractivity contribution is 0.0950. The third kappa shape index (κ3) is 4.67. The Labute approximate surface area is 155 Å². The molecule has 0 spiro atoms. The van der Waals surface area contributed by atoms with Crippen LogP contribution in [-0.4, -0.2) is 10.9 Å². The number of pyridine rings is 1. The number of hydrogen-bond acceptors (Lipinski definition) is 3.